The van der Waals surface area contributed by atoms with Crippen LogP contribution in [0.5, 0.6) is 17.2 Å². The Bertz CT molecular complexity index is 1970. The molecular weight excluding hydrogens is 939 g/mol. The number of benzene rings is 6. The van der Waals surface area contributed by atoms with Crippen LogP contribution in [0.1, 0.15) is 50.1 Å². The molecule has 0 radical (unpaired) electrons. The van der Waals surface area contributed by atoms with E-state index in [2.05, 4.69) is 163 Å². The molecule has 6 aromatic carbocycles. The monoisotopic (exact) mass is 999 g/mol. The zero-order valence-corrected chi connectivity index (χ0v) is 40.2. The molecule has 0 atom stereocenters. The molecule has 1 aliphatic rings. The van der Waals surface area contributed by atoms with Crippen LogP contribution >= 0.6 is 0 Å². The van der Waals surface area contributed by atoms with Gasteiger partial charge in [0, 0.05) is 0 Å². The Kier molecular flexibility index (Phi) is 16.1. The normalized spacial score (nSPS) is 14.4. The van der Waals surface area contributed by atoms with E-state index in [-0.39, 0.29) is 0 Å². The van der Waals surface area contributed by atoms with Crippen LogP contribution in [0.15, 0.2) is 127 Å². The minimum absolute atomic E-state index is 0.302. The van der Waals surface area contributed by atoms with Gasteiger partial charge in [0.25, 0.3) is 0 Å². The van der Waals surface area contributed by atoms with Crippen LogP contribution in [0.2, 0.25) is 16.0 Å². The molecule has 7 rings (SSSR count). The predicted octanol–water partition coefficient (Wildman–Crippen LogP) is 7.39. The van der Waals surface area contributed by atoms with E-state index in [1.165, 1.54) is 13.4 Å². The van der Waals surface area contributed by atoms with Crippen LogP contribution in [0.25, 0.3) is 0 Å². The van der Waals surface area contributed by atoms with Gasteiger partial charge in [0.1, 0.15) is 0 Å². The Morgan fingerprint density at radius 1 is 0.367 bits per heavy atom. The predicted molar refractivity (Wildman–Crippen MR) is 251 cm³/mol. The Hall–Kier alpha value is -3.84. The number of aromatic hydroxyl groups is 3. The summed E-state index contributed by atoms with van der Waals surface area (Å²) in [6.07, 6.45) is 0. The Balaban J connectivity index is 1.26. The first kappa shape index (κ1) is 44.2. The molecule has 0 amide bonds. The molecule has 3 N–H and O–H groups in total. The Labute approximate surface area is 376 Å². The number of hydrogen-bond acceptors (Lipinski definition) is 6. The summed E-state index contributed by atoms with van der Waals surface area (Å²) >= 11 is 0.905. The van der Waals surface area contributed by atoms with Gasteiger partial charge in [0.15, 0.2) is 0 Å². The molecule has 0 spiro atoms. The van der Waals surface area contributed by atoms with Gasteiger partial charge in [-0.2, -0.15) is 0 Å². The maximum atomic E-state index is 12.1. The molecule has 1 heterocycles. The summed E-state index contributed by atoms with van der Waals surface area (Å²) in [7, 11) is 0. The van der Waals surface area contributed by atoms with Crippen LogP contribution in [-0.2, 0) is 39.3 Å². The van der Waals surface area contributed by atoms with Crippen LogP contribution in [0.3, 0.4) is 0 Å². The van der Waals surface area contributed by atoms with Crippen LogP contribution in [0, 0.1) is 20.8 Å². The van der Waals surface area contributed by atoms with Crippen molar-refractivity contribution in [2.24, 2.45) is 0 Å². The Morgan fingerprint density at radius 3 is 0.800 bits per heavy atom. The molecule has 0 saturated heterocycles. The molecule has 0 aliphatic carbocycles. The summed E-state index contributed by atoms with van der Waals surface area (Å²) in [5, 5.41) is 39.4. The number of aryl methyl sites for hydroxylation is 3. The molecule has 1 aliphatic heterocycles. The average Bonchev–Trinajstić information content (AvgIpc) is 3.23. The summed E-state index contributed by atoms with van der Waals surface area (Å²) < 4.78 is 4.13. The fourth-order valence-corrected chi connectivity index (χ4v) is 13.9. The first-order valence-electron chi connectivity index (χ1n) is 20.8. The topological polar surface area (TPSA) is 70.4 Å². The average molecular weight is 997 g/mol. The summed E-state index contributed by atoms with van der Waals surface area (Å²) in [6.45, 7) is 12.3. The van der Waals surface area contributed by atoms with Crippen molar-refractivity contribution in [2.45, 2.75) is 76.0 Å². The fraction of sp³-hybridized carbons (Fsp3) is 0.294. The van der Waals surface area contributed by atoms with Gasteiger partial charge in [0.05, 0.1) is 0 Å². The van der Waals surface area contributed by atoms with Crippen molar-refractivity contribution in [3.63, 3.8) is 0 Å². The van der Waals surface area contributed by atoms with Gasteiger partial charge in [-0.15, -0.1) is 0 Å². The molecule has 9 heteroatoms. The SMILES string of the molecule is Cc1cc2c(O)c(c1)CN(CC[Se]c1ccccc1)Cc1cc(C)cc(c1O)CN(CC[Se]c1ccccc1)Cc1cc(C)cc(c1O)CN(CC[Se]c1ccccc1)C2. The van der Waals surface area contributed by atoms with Gasteiger partial charge in [-0.3, -0.25) is 0 Å². The molecule has 6 bridgehead atoms. The second-order valence-electron chi connectivity index (χ2n) is 15.9. The van der Waals surface area contributed by atoms with E-state index < -0.39 is 0 Å². The van der Waals surface area contributed by atoms with Crippen molar-refractivity contribution in [3.05, 3.63) is 177 Å². The van der Waals surface area contributed by atoms with Gasteiger partial charge in [-0.25, -0.2) is 0 Å². The van der Waals surface area contributed by atoms with Crippen molar-refractivity contribution in [1.29, 1.82) is 0 Å². The zero-order chi connectivity index (χ0) is 41.8. The zero-order valence-electron chi connectivity index (χ0n) is 35.0. The van der Waals surface area contributed by atoms with Crippen molar-refractivity contribution in [2.75, 3.05) is 19.6 Å². The maximum absolute atomic E-state index is 12.1. The first-order chi connectivity index (χ1) is 29.2. The molecule has 312 valence electrons. The summed E-state index contributed by atoms with van der Waals surface area (Å²) in [6, 6.07) is 45.0. The van der Waals surface area contributed by atoms with E-state index in [4.69, 9.17) is 0 Å². The second-order valence-corrected chi connectivity index (χ2v) is 23.3. The van der Waals surface area contributed by atoms with Crippen LogP contribution in [0.4, 0.5) is 0 Å². The van der Waals surface area contributed by atoms with E-state index in [0.29, 0.717) is 101 Å². The van der Waals surface area contributed by atoms with Gasteiger partial charge in [-0.05, 0) is 0 Å². The van der Waals surface area contributed by atoms with Crippen molar-refractivity contribution < 1.29 is 15.3 Å². The van der Waals surface area contributed by atoms with E-state index in [1.807, 2.05) is 0 Å². The third-order valence-electron chi connectivity index (χ3n) is 10.9. The molecule has 0 unspecified atom stereocenters. The van der Waals surface area contributed by atoms with E-state index in [1.54, 1.807) is 0 Å². The number of nitrogens with zero attached hydrogens (tertiary/aromatic N) is 3. The number of phenolic OH excluding ortho intramolecular Hbond substituents is 3. The number of phenols is 3. The third-order valence-corrected chi connectivity index (χ3v) is 17.1. The van der Waals surface area contributed by atoms with E-state index in [0.717, 1.165) is 85.7 Å². The fourth-order valence-electron chi connectivity index (χ4n) is 8.04. The summed E-state index contributed by atoms with van der Waals surface area (Å²) in [5.74, 6) is 1.03. The molecule has 60 heavy (non-hydrogen) atoms. The number of fused-ring (bicyclic) bond motifs is 6. The third kappa shape index (κ3) is 12.6. The van der Waals surface area contributed by atoms with Crippen molar-refractivity contribution in [1.82, 2.24) is 14.7 Å². The number of rotatable bonds is 12. The second kappa shape index (κ2) is 21.8. The molecule has 0 fully saturated rings. The van der Waals surface area contributed by atoms with Gasteiger partial charge in [0.2, 0.25) is 0 Å². The first-order valence-corrected chi connectivity index (χ1v) is 27.0. The van der Waals surface area contributed by atoms with Crippen LogP contribution < -0.4 is 13.4 Å². The summed E-state index contributed by atoms with van der Waals surface area (Å²) in [4.78, 5) is 7.24. The van der Waals surface area contributed by atoms with E-state index >= 15 is 0 Å². The van der Waals surface area contributed by atoms with E-state index in [9.17, 15) is 15.3 Å². The molecule has 0 aromatic heterocycles. The van der Waals surface area contributed by atoms with Crippen molar-refractivity contribution in [3.8, 4) is 17.2 Å². The minimum atomic E-state index is 0.302. The van der Waals surface area contributed by atoms with Crippen molar-refractivity contribution >= 4 is 58.3 Å². The molecule has 6 aromatic rings. The van der Waals surface area contributed by atoms with Crippen LogP contribution in [-0.4, -0.2) is 94.5 Å². The van der Waals surface area contributed by atoms with Gasteiger partial charge in [-0.1, -0.05) is 0 Å². The number of hydrogen-bond donors (Lipinski definition) is 3. The molecule has 0 saturated carbocycles. The Morgan fingerprint density at radius 2 is 0.583 bits per heavy atom. The summed E-state index contributed by atoms with van der Waals surface area (Å²) in [5.41, 5.74) is 8.80. The van der Waals surface area contributed by atoms with Gasteiger partial charge >= 0.3 is 379 Å². The van der Waals surface area contributed by atoms with Gasteiger partial charge < -0.3 is 0 Å². The standard InChI is InChI=1S/C51H57N3O3Se3/c1-37-25-40-31-52(19-22-58-46-13-7-4-8-14-46)33-42-27-38(2)29-44(50(42)56)35-54(21-24-60-48-17-11-6-12-18-48)36-45-30-39(3)28-43(51(45)57)34-53(32-41(26-37)49(40)55)20-23-59-47-15-9-5-10-16-47/h4-18,25-30,55-57H,19-24,31-36H2,1-3H3. The quantitative estimate of drug-likeness (QED) is 0.111. The molecule has 6 nitrogen and oxygen atoms in total. The molecular formula is C51H57N3O3Se3.